The van der Waals surface area contributed by atoms with Crippen molar-refractivity contribution in [1.82, 2.24) is 0 Å². The van der Waals surface area contributed by atoms with Gasteiger partial charge in [0, 0.05) is 0 Å². The Labute approximate surface area is 38.6 Å². The van der Waals surface area contributed by atoms with Crippen molar-refractivity contribution in [2.45, 2.75) is 12.1 Å². The Balaban J connectivity index is 2.70. The molecule has 7 heavy (non-hydrogen) atoms. The van der Waals surface area contributed by atoms with Crippen LogP contribution in [0, 0.1) is 6.58 Å². The van der Waals surface area contributed by atoms with Gasteiger partial charge in [-0.1, -0.05) is 0 Å². The van der Waals surface area contributed by atoms with Crippen LogP contribution in [0.2, 0.25) is 0 Å². The summed E-state index contributed by atoms with van der Waals surface area (Å²) < 4.78 is 33.9. The first-order valence-corrected chi connectivity index (χ1v) is 1.67. The third-order valence-corrected chi connectivity index (χ3v) is 0.848. The van der Waals surface area contributed by atoms with Crippen molar-refractivity contribution >= 4 is 0 Å². The summed E-state index contributed by atoms with van der Waals surface area (Å²) in [6, 6.07) is 0. The lowest BCUT2D eigenvalue weighted by Gasteiger charge is -1.78. The largest absolute Gasteiger partial charge is 0.307 e. The van der Waals surface area contributed by atoms with Crippen molar-refractivity contribution in [1.29, 1.82) is 0 Å². The van der Waals surface area contributed by atoms with E-state index in [1.165, 1.54) is 0 Å². The maximum absolute atomic E-state index is 11.3. The SMILES string of the molecule is [C]=C1C(F)C1(F)F. The molecule has 0 amide bonds. The fourth-order valence-corrected chi connectivity index (χ4v) is 0.245. The Kier molecular flexibility index (Phi) is 0.571. The summed E-state index contributed by atoms with van der Waals surface area (Å²) in [5, 5.41) is 0. The van der Waals surface area contributed by atoms with Gasteiger partial charge in [-0.15, -0.1) is 0 Å². The third kappa shape index (κ3) is 0.376. The zero-order valence-electron chi connectivity index (χ0n) is 3.21. The topological polar surface area (TPSA) is 0 Å². The molecule has 0 aromatic rings. The van der Waals surface area contributed by atoms with E-state index in [1.807, 2.05) is 0 Å². The molecular weight excluding hydrogens is 105 g/mol. The zero-order valence-corrected chi connectivity index (χ0v) is 3.21. The van der Waals surface area contributed by atoms with Gasteiger partial charge in [-0.2, -0.15) is 8.78 Å². The summed E-state index contributed by atoms with van der Waals surface area (Å²) in [5.74, 6) is -3.42. The minimum atomic E-state index is -3.42. The highest BCUT2D eigenvalue weighted by atomic mass is 19.3. The second kappa shape index (κ2) is 0.854. The smallest absolute Gasteiger partial charge is 0.235 e. The second-order valence-electron chi connectivity index (χ2n) is 1.40. The minimum absolute atomic E-state index is 1.09. The fourth-order valence-electron chi connectivity index (χ4n) is 0.245. The molecule has 0 saturated heterocycles. The van der Waals surface area contributed by atoms with Gasteiger partial charge in [-0.3, -0.25) is 0 Å². The van der Waals surface area contributed by atoms with E-state index in [0.29, 0.717) is 0 Å². The summed E-state index contributed by atoms with van der Waals surface area (Å²) >= 11 is 0. The van der Waals surface area contributed by atoms with Crippen LogP contribution in [0.15, 0.2) is 5.57 Å². The molecule has 0 bridgehead atoms. The van der Waals surface area contributed by atoms with Crippen LogP contribution in [-0.4, -0.2) is 12.1 Å². The molecule has 0 nitrogen and oxygen atoms in total. The van der Waals surface area contributed by atoms with Gasteiger partial charge in [0.25, 0.3) is 0 Å². The summed E-state index contributed by atoms with van der Waals surface area (Å²) in [6.07, 6.45) is -2.28. The normalized spacial score (nSPS) is 35.9. The zero-order chi connectivity index (χ0) is 5.65. The van der Waals surface area contributed by atoms with Gasteiger partial charge >= 0.3 is 5.92 Å². The molecular formula is C4HF3. The molecule has 1 unspecified atom stereocenters. The van der Waals surface area contributed by atoms with Crippen molar-refractivity contribution < 1.29 is 13.2 Å². The standard InChI is InChI=1S/C4HF3/c1-2-3(5)4(2,6)7/h3H. The Hall–Kier alpha value is -0.470. The predicted molar refractivity (Wildman–Crippen MR) is 16.6 cm³/mol. The molecule has 0 aliphatic heterocycles. The highest BCUT2D eigenvalue weighted by Gasteiger charge is 2.64. The average Bonchev–Trinajstić information content (AvgIpc) is 1.91. The average molecular weight is 106 g/mol. The summed E-state index contributed by atoms with van der Waals surface area (Å²) in [6.45, 7) is 6.09. The van der Waals surface area contributed by atoms with Gasteiger partial charge < -0.3 is 0 Å². The first-order valence-electron chi connectivity index (χ1n) is 1.67. The van der Waals surface area contributed by atoms with Crippen molar-refractivity contribution in [3.05, 3.63) is 12.2 Å². The third-order valence-electron chi connectivity index (χ3n) is 0.848. The summed E-state index contributed by atoms with van der Waals surface area (Å²) in [5.41, 5.74) is -1.09. The van der Waals surface area contributed by atoms with E-state index < -0.39 is 17.7 Å². The van der Waals surface area contributed by atoms with Gasteiger partial charge in [-0.05, 0) is 6.58 Å². The van der Waals surface area contributed by atoms with Crippen LogP contribution in [0.25, 0.3) is 0 Å². The molecule has 1 saturated carbocycles. The van der Waals surface area contributed by atoms with Gasteiger partial charge in [-0.25, -0.2) is 4.39 Å². The molecule has 0 heterocycles. The quantitative estimate of drug-likeness (QED) is 0.435. The molecule has 1 atom stereocenters. The van der Waals surface area contributed by atoms with E-state index in [4.69, 9.17) is 6.58 Å². The van der Waals surface area contributed by atoms with Crippen molar-refractivity contribution in [2.24, 2.45) is 0 Å². The van der Waals surface area contributed by atoms with Crippen molar-refractivity contribution in [3.8, 4) is 0 Å². The number of alkyl halides is 3. The molecule has 1 aliphatic rings. The van der Waals surface area contributed by atoms with E-state index in [9.17, 15) is 13.2 Å². The Morgan fingerprint density at radius 3 is 1.71 bits per heavy atom. The number of rotatable bonds is 0. The minimum Gasteiger partial charge on any atom is -0.235 e. The van der Waals surface area contributed by atoms with Gasteiger partial charge in [0.2, 0.25) is 0 Å². The molecule has 1 rings (SSSR count). The molecule has 3 heteroatoms. The monoisotopic (exact) mass is 106 g/mol. The fraction of sp³-hybridized carbons (Fsp3) is 0.500. The van der Waals surface area contributed by atoms with E-state index in [-0.39, 0.29) is 0 Å². The Morgan fingerprint density at radius 2 is 1.71 bits per heavy atom. The van der Waals surface area contributed by atoms with Crippen LogP contribution < -0.4 is 0 Å². The lowest BCUT2D eigenvalue weighted by molar-refractivity contribution is 0.0950. The van der Waals surface area contributed by atoms with E-state index >= 15 is 0 Å². The van der Waals surface area contributed by atoms with Gasteiger partial charge in [0.15, 0.2) is 6.17 Å². The molecule has 0 spiro atoms. The first-order chi connectivity index (χ1) is 3.07. The van der Waals surface area contributed by atoms with Crippen molar-refractivity contribution in [2.75, 3.05) is 0 Å². The van der Waals surface area contributed by atoms with Crippen LogP contribution in [0.4, 0.5) is 13.2 Å². The Bertz CT molecular complexity index is 116. The van der Waals surface area contributed by atoms with Crippen LogP contribution in [-0.2, 0) is 0 Å². The molecule has 0 aromatic heterocycles. The van der Waals surface area contributed by atoms with Crippen molar-refractivity contribution in [3.63, 3.8) is 0 Å². The number of hydrogen-bond acceptors (Lipinski definition) is 0. The summed E-state index contributed by atoms with van der Waals surface area (Å²) in [7, 11) is 0. The number of allylic oxidation sites excluding steroid dienone is 1. The second-order valence-corrected chi connectivity index (χ2v) is 1.40. The molecule has 0 N–H and O–H groups in total. The first kappa shape index (κ1) is 4.68. The molecule has 1 aliphatic carbocycles. The van der Waals surface area contributed by atoms with Crippen LogP contribution in [0.1, 0.15) is 0 Å². The number of halogens is 3. The molecule has 1 fully saturated rings. The Morgan fingerprint density at radius 1 is 1.57 bits per heavy atom. The van der Waals surface area contributed by atoms with E-state index in [1.54, 1.807) is 0 Å². The van der Waals surface area contributed by atoms with Crippen LogP contribution >= 0.6 is 0 Å². The van der Waals surface area contributed by atoms with Crippen LogP contribution in [0.3, 0.4) is 0 Å². The van der Waals surface area contributed by atoms with E-state index in [2.05, 4.69) is 0 Å². The van der Waals surface area contributed by atoms with Crippen LogP contribution in [0.5, 0.6) is 0 Å². The summed E-state index contributed by atoms with van der Waals surface area (Å²) in [4.78, 5) is 0. The molecule has 38 valence electrons. The molecule has 0 aromatic carbocycles. The highest BCUT2D eigenvalue weighted by molar-refractivity contribution is 5.35. The molecule has 2 radical (unpaired) electrons. The van der Waals surface area contributed by atoms with Gasteiger partial charge in [0.1, 0.15) is 0 Å². The lowest BCUT2D eigenvalue weighted by atomic mass is 10.7. The maximum atomic E-state index is 11.3. The maximum Gasteiger partial charge on any atom is 0.307 e. The number of hydrogen-bond donors (Lipinski definition) is 0. The predicted octanol–water partition coefficient (Wildman–Crippen LogP) is 1.21. The lowest BCUT2D eigenvalue weighted by Crippen LogP contribution is -1.90. The van der Waals surface area contributed by atoms with E-state index in [0.717, 1.165) is 0 Å². The van der Waals surface area contributed by atoms with Gasteiger partial charge in [0.05, 0.1) is 5.57 Å². The highest BCUT2D eigenvalue weighted by Crippen LogP contribution is 2.49.